The minimum absolute atomic E-state index is 0.249. The molecule has 0 aliphatic rings. The molecule has 0 aliphatic heterocycles. The minimum atomic E-state index is -4.82. The predicted octanol–water partition coefficient (Wildman–Crippen LogP) is 3.28. The highest BCUT2D eigenvalue weighted by Gasteiger charge is 2.30. The summed E-state index contributed by atoms with van der Waals surface area (Å²) in [4.78, 5) is 11.1. The molecule has 2 aromatic rings. The second kappa shape index (κ2) is 9.18. The maximum Gasteiger partial charge on any atom is 0.573 e. The molecule has 0 radical (unpaired) electrons. The zero-order chi connectivity index (χ0) is 21.7. The van der Waals surface area contributed by atoms with Crippen molar-refractivity contribution in [3.8, 4) is 5.75 Å². The number of hydrogen-bond donors (Lipinski definition) is 1. The van der Waals surface area contributed by atoms with Gasteiger partial charge in [0.2, 0.25) is 10.0 Å². The molecule has 1 N–H and O–H groups in total. The maximum absolute atomic E-state index is 13.1. The van der Waals surface area contributed by atoms with E-state index in [-0.39, 0.29) is 19.6 Å². The summed E-state index contributed by atoms with van der Waals surface area (Å²) in [7, 11) is -4.15. The Morgan fingerprint density at radius 3 is 2.24 bits per heavy atom. The number of halogens is 5. The lowest BCUT2D eigenvalue weighted by Gasteiger charge is -2.10. The normalized spacial score (nSPS) is 11.9. The average Bonchev–Trinajstić information content (AvgIpc) is 2.62. The maximum atomic E-state index is 13.1. The van der Waals surface area contributed by atoms with E-state index in [9.17, 15) is 35.2 Å². The summed E-state index contributed by atoms with van der Waals surface area (Å²) in [6.45, 7) is -0.612. The Kier molecular flexibility index (Phi) is 7.14. The summed E-state index contributed by atoms with van der Waals surface area (Å²) < 4.78 is 96.7. The fourth-order valence-corrected chi connectivity index (χ4v) is 3.08. The van der Waals surface area contributed by atoms with E-state index in [0.29, 0.717) is 17.7 Å². The van der Waals surface area contributed by atoms with Crippen LogP contribution in [0.15, 0.2) is 47.4 Å². The van der Waals surface area contributed by atoms with Crippen molar-refractivity contribution in [3.05, 3.63) is 59.7 Å². The molecule has 6 nitrogen and oxygen atoms in total. The molecular formula is C17H14F5NO5S. The highest BCUT2D eigenvalue weighted by atomic mass is 32.2. The molecule has 2 rings (SSSR count). The van der Waals surface area contributed by atoms with Crippen LogP contribution in [0, 0.1) is 11.6 Å². The van der Waals surface area contributed by atoms with Gasteiger partial charge in [-0.25, -0.2) is 21.9 Å². The van der Waals surface area contributed by atoms with Gasteiger partial charge in [0.25, 0.3) is 0 Å². The number of sulfonamides is 1. The van der Waals surface area contributed by atoms with Crippen LogP contribution in [0.3, 0.4) is 0 Å². The number of nitrogens with one attached hydrogen (secondary N) is 1. The van der Waals surface area contributed by atoms with Crippen LogP contribution in [0.5, 0.6) is 5.75 Å². The van der Waals surface area contributed by atoms with Gasteiger partial charge in [-0.2, -0.15) is 0 Å². The molecule has 0 saturated heterocycles. The largest absolute Gasteiger partial charge is 0.573 e. The molecule has 0 aliphatic carbocycles. The minimum Gasteiger partial charge on any atom is -0.461 e. The van der Waals surface area contributed by atoms with Crippen LogP contribution >= 0.6 is 0 Å². The lowest BCUT2D eigenvalue weighted by molar-refractivity contribution is -0.274. The lowest BCUT2D eigenvalue weighted by Crippen LogP contribution is -2.27. The van der Waals surface area contributed by atoms with Crippen LogP contribution in [-0.4, -0.2) is 27.3 Å². The van der Waals surface area contributed by atoms with Crippen LogP contribution in [0.2, 0.25) is 0 Å². The molecule has 0 fully saturated rings. The molecule has 0 saturated carbocycles. The summed E-state index contributed by atoms with van der Waals surface area (Å²) in [6.07, 6.45) is -5.18. The van der Waals surface area contributed by atoms with E-state index < -0.39 is 44.6 Å². The van der Waals surface area contributed by atoms with Crippen LogP contribution in [0.25, 0.3) is 0 Å². The molecule has 0 unspecified atom stereocenters. The number of carbonyl (C=O) groups excluding carboxylic acids is 1. The van der Waals surface area contributed by atoms with E-state index in [1.807, 2.05) is 4.72 Å². The van der Waals surface area contributed by atoms with Gasteiger partial charge in [-0.3, -0.25) is 4.79 Å². The van der Waals surface area contributed by atoms with Crippen molar-refractivity contribution >= 4 is 16.0 Å². The molecule has 0 aromatic heterocycles. The third kappa shape index (κ3) is 7.31. The first-order valence-corrected chi connectivity index (χ1v) is 9.39. The molecule has 2 aromatic carbocycles. The van der Waals surface area contributed by atoms with Crippen molar-refractivity contribution in [2.45, 2.75) is 24.3 Å². The lowest BCUT2D eigenvalue weighted by atomic mass is 10.2. The highest BCUT2D eigenvalue weighted by Crippen LogP contribution is 2.23. The molecule has 158 valence electrons. The topological polar surface area (TPSA) is 81.7 Å². The monoisotopic (exact) mass is 439 g/mol. The van der Waals surface area contributed by atoms with Crippen molar-refractivity contribution in [1.29, 1.82) is 0 Å². The summed E-state index contributed by atoms with van der Waals surface area (Å²) in [5, 5.41) is 0. The molecular weight excluding hydrogens is 425 g/mol. The number of hydrogen-bond acceptors (Lipinski definition) is 5. The van der Waals surface area contributed by atoms with Gasteiger partial charge < -0.3 is 9.47 Å². The number of ether oxygens (including phenoxy) is 2. The van der Waals surface area contributed by atoms with E-state index in [4.69, 9.17) is 4.74 Å². The van der Waals surface area contributed by atoms with Crippen LogP contribution < -0.4 is 9.46 Å². The van der Waals surface area contributed by atoms with Crippen LogP contribution in [-0.2, 0) is 26.2 Å². The van der Waals surface area contributed by atoms with Gasteiger partial charge in [-0.1, -0.05) is 12.1 Å². The zero-order valence-electron chi connectivity index (χ0n) is 14.5. The van der Waals surface area contributed by atoms with Crippen LogP contribution in [0.4, 0.5) is 22.0 Å². The summed E-state index contributed by atoms with van der Waals surface area (Å²) in [5.74, 6) is -3.75. The average molecular weight is 439 g/mol. The third-order valence-electron chi connectivity index (χ3n) is 3.38. The van der Waals surface area contributed by atoms with E-state index in [1.165, 1.54) is 12.1 Å². The molecule has 0 spiro atoms. The third-order valence-corrected chi connectivity index (χ3v) is 4.84. The van der Waals surface area contributed by atoms with Crippen molar-refractivity contribution < 1.29 is 44.6 Å². The Balaban J connectivity index is 1.79. The van der Waals surface area contributed by atoms with Gasteiger partial charge in [0.05, 0.1) is 11.3 Å². The Labute approximate surface area is 162 Å². The predicted molar refractivity (Wildman–Crippen MR) is 89.1 cm³/mol. The molecule has 0 atom stereocenters. The molecule has 29 heavy (non-hydrogen) atoms. The fourth-order valence-electron chi connectivity index (χ4n) is 2.04. The Morgan fingerprint density at radius 1 is 1.00 bits per heavy atom. The number of rotatable bonds is 8. The van der Waals surface area contributed by atoms with Gasteiger partial charge in [0.1, 0.15) is 12.4 Å². The molecule has 0 bridgehead atoms. The van der Waals surface area contributed by atoms with Crippen molar-refractivity contribution in [3.63, 3.8) is 0 Å². The van der Waals surface area contributed by atoms with Gasteiger partial charge >= 0.3 is 12.3 Å². The Morgan fingerprint density at radius 2 is 1.66 bits per heavy atom. The number of carbonyl (C=O) groups is 1. The van der Waals surface area contributed by atoms with Gasteiger partial charge in [-0.05, 0) is 35.9 Å². The smallest absolute Gasteiger partial charge is 0.461 e. The second-order valence-corrected chi connectivity index (χ2v) is 7.34. The molecule has 0 amide bonds. The standard InChI is InChI=1S/C17H14F5NO5S/c18-14-6-5-13(9-15(14)19)29(25,26)23-8-7-16(24)27-10-11-1-3-12(4-2-11)28-17(20,21)22/h1-6,9,23H,7-8,10H2. The number of benzene rings is 2. The Bertz CT molecular complexity index is 961. The van der Waals surface area contributed by atoms with Crippen LogP contribution in [0.1, 0.15) is 12.0 Å². The van der Waals surface area contributed by atoms with Crippen molar-refractivity contribution in [2.24, 2.45) is 0 Å². The molecule has 12 heteroatoms. The fraction of sp³-hybridized carbons (Fsp3) is 0.235. The van der Waals surface area contributed by atoms with E-state index in [0.717, 1.165) is 18.2 Å². The SMILES string of the molecule is O=C(CCNS(=O)(=O)c1ccc(F)c(F)c1)OCc1ccc(OC(F)(F)F)cc1. The number of alkyl halides is 3. The summed E-state index contributed by atoms with van der Waals surface area (Å²) in [5.41, 5.74) is 0.384. The quantitative estimate of drug-likeness (QED) is 0.505. The Hall–Kier alpha value is -2.73. The van der Waals surface area contributed by atoms with E-state index in [1.54, 1.807) is 0 Å². The second-order valence-electron chi connectivity index (χ2n) is 5.58. The van der Waals surface area contributed by atoms with Gasteiger partial charge in [0.15, 0.2) is 11.6 Å². The summed E-state index contributed by atoms with van der Waals surface area (Å²) >= 11 is 0. The number of esters is 1. The molecule has 0 heterocycles. The highest BCUT2D eigenvalue weighted by molar-refractivity contribution is 7.89. The van der Waals surface area contributed by atoms with Gasteiger partial charge in [-0.15, -0.1) is 13.2 Å². The first-order valence-electron chi connectivity index (χ1n) is 7.91. The van der Waals surface area contributed by atoms with Gasteiger partial charge in [0, 0.05) is 6.54 Å². The first kappa shape index (κ1) is 22.6. The van der Waals surface area contributed by atoms with E-state index in [2.05, 4.69) is 4.74 Å². The summed E-state index contributed by atoms with van der Waals surface area (Å²) in [6, 6.07) is 6.65. The first-order chi connectivity index (χ1) is 13.5. The van der Waals surface area contributed by atoms with Crippen molar-refractivity contribution in [2.75, 3.05) is 6.54 Å². The van der Waals surface area contributed by atoms with E-state index >= 15 is 0 Å². The zero-order valence-corrected chi connectivity index (χ0v) is 15.3. The van der Waals surface area contributed by atoms with Crippen molar-refractivity contribution in [1.82, 2.24) is 4.72 Å².